The zero-order valence-electron chi connectivity index (χ0n) is 11.4. The minimum atomic E-state index is -0.206. The van der Waals surface area contributed by atoms with Crippen molar-refractivity contribution in [2.24, 2.45) is 0 Å². The summed E-state index contributed by atoms with van der Waals surface area (Å²) in [5.41, 5.74) is 3.00. The number of carbonyl (C=O) groups is 1. The summed E-state index contributed by atoms with van der Waals surface area (Å²) in [6.45, 7) is 1.95. The van der Waals surface area contributed by atoms with E-state index in [2.05, 4.69) is 15.3 Å². The number of anilines is 1. The Hall–Kier alpha value is -2.53. The van der Waals surface area contributed by atoms with E-state index >= 15 is 0 Å². The Kier molecular flexibility index (Phi) is 3.75. The predicted molar refractivity (Wildman–Crippen MR) is 84.5 cm³/mol. The van der Waals surface area contributed by atoms with Crippen molar-refractivity contribution in [1.82, 2.24) is 9.97 Å². The molecule has 0 unspecified atom stereocenters. The summed E-state index contributed by atoms with van der Waals surface area (Å²) >= 11 is 1.41. The lowest BCUT2D eigenvalue weighted by Crippen LogP contribution is -2.13. The predicted octanol–water partition coefficient (Wildman–Crippen LogP) is 3.77. The SMILES string of the molecule is Cc1ccccc1NC(=O)c1csc(-c2ccccn2)n1. The Bertz CT molecular complexity index is 768. The molecule has 2 aromatic heterocycles. The van der Waals surface area contributed by atoms with E-state index in [4.69, 9.17) is 0 Å². The van der Waals surface area contributed by atoms with Crippen molar-refractivity contribution < 1.29 is 4.79 Å². The van der Waals surface area contributed by atoms with E-state index in [-0.39, 0.29) is 5.91 Å². The number of nitrogens with zero attached hydrogens (tertiary/aromatic N) is 2. The molecule has 3 rings (SSSR count). The van der Waals surface area contributed by atoms with Gasteiger partial charge in [-0.1, -0.05) is 24.3 Å². The standard InChI is InChI=1S/C16H13N3OS/c1-11-6-2-3-7-12(11)18-15(20)14-10-21-16(19-14)13-8-4-5-9-17-13/h2-10H,1H3,(H,18,20). The van der Waals surface area contributed by atoms with Crippen molar-refractivity contribution in [2.75, 3.05) is 5.32 Å². The molecule has 3 aromatic rings. The van der Waals surface area contributed by atoms with Gasteiger partial charge in [0.1, 0.15) is 10.7 Å². The van der Waals surface area contributed by atoms with Gasteiger partial charge >= 0.3 is 0 Å². The van der Waals surface area contributed by atoms with Crippen LogP contribution in [0.4, 0.5) is 5.69 Å². The van der Waals surface area contributed by atoms with E-state index in [1.807, 2.05) is 49.4 Å². The maximum Gasteiger partial charge on any atom is 0.275 e. The number of pyridine rings is 1. The maximum absolute atomic E-state index is 12.2. The van der Waals surface area contributed by atoms with Crippen LogP contribution >= 0.6 is 11.3 Å². The second-order valence-corrected chi connectivity index (χ2v) is 5.38. The van der Waals surface area contributed by atoms with Crippen LogP contribution in [0.3, 0.4) is 0 Å². The van der Waals surface area contributed by atoms with Crippen LogP contribution < -0.4 is 5.32 Å². The van der Waals surface area contributed by atoms with E-state index < -0.39 is 0 Å². The van der Waals surface area contributed by atoms with Crippen LogP contribution in [0.5, 0.6) is 0 Å². The first kappa shape index (κ1) is 13.5. The maximum atomic E-state index is 12.2. The van der Waals surface area contributed by atoms with Crippen LogP contribution in [0.2, 0.25) is 0 Å². The lowest BCUT2D eigenvalue weighted by molar-refractivity contribution is 0.102. The van der Waals surface area contributed by atoms with Gasteiger partial charge in [0.15, 0.2) is 0 Å². The molecule has 2 heterocycles. The number of nitrogens with one attached hydrogen (secondary N) is 1. The fraction of sp³-hybridized carbons (Fsp3) is 0.0625. The molecule has 1 N–H and O–H groups in total. The fourth-order valence-corrected chi connectivity index (χ4v) is 2.66. The number of para-hydroxylation sites is 1. The van der Waals surface area contributed by atoms with Crippen molar-refractivity contribution in [3.05, 3.63) is 65.3 Å². The molecule has 104 valence electrons. The number of carbonyl (C=O) groups excluding carboxylic acids is 1. The van der Waals surface area contributed by atoms with Gasteiger partial charge in [0, 0.05) is 17.3 Å². The van der Waals surface area contributed by atoms with Crippen LogP contribution in [-0.4, -0.2) is 15.9 Å². The molecule has 0 saturated carbocycles. The van der Waals surface area contributed by atoms with Crippen molar-refractivity contribution in [2.45, 2.75) is 6.92 Å². The number of rotatable bonds is 3. The second kappa shape index (κ2) is 5.85. The highest BCUT2D eigenvalue weighted by molar-refractivity contribution is 7.13. The largest absolute Gasteiger partial charge is 0.320 e. The highest BCUT2D eigenvalue weighted by Crippen LogP contribution is 2.22. The molecule has 4 nitrogen and oxygen atoms in total. The van der Waals surface area contributed by atoms with E-state index in [1.54, 1.807) is 11.6 Å². The van der Waals surface area contributed by atoms with Gasteiger partial charge in [-0.3, -0.25) is 9.78 Å². The Morgan fingerprint density at radius 3 is 2.71 bits per heavy atom. The third kappa shape index (κ3) is 2.98. The molecule has 0 saturated heterocycles. The molecular weight excluding hydrogens is 282 g/mol. The number of aromatic nitrogens is 2. The Balaban J connectivity index is 1.80. The van der Waals surface area contributed by atoms with Crippen molar-refractivity contribution >= 4 is 22.9 Å². The van der Waals surface area contributed by atoms with Crippen LogP contribution in [0.15, 0.2) is 54.0 Å². The Morgan fingerprint density at radius 2 is 1.95 bits per heavy atom. The zero-order chi connectivity index (χ0) is 14.7. The summed E-state index contributed by atoms with van der Waals surface area (Å²) in [4.78, 5) is 20.8. The minimum absolute atomic E-state index is 0.206. The molecule has 21 heavy (non-hydrogen) atoms. The quantitative estimate of drug-likeness (QED) is 0.800. The molecule has 1 amide bonds. The first-order chi connectivity index (χ1) is 10.2. The van der Waals surface area contributed by atoms with Gasteiger partial charge in [-0.05, 0) is 30.7 Å². The number of benzene rings is 1. The number of amides is 1. The van der Waals surface area contributed by atoms with Gasteiger partial charge in [0.25, 0.3) is 5.91 Å². The molecule has 0 aliphatic rings. The average Bonchev–Trinajstić information content (AvgIpc) is 3.00. The zero-order valence-corrected chi connectivity index (χ0v) is 12.2. The molecule has 0 aliphatic carbocycles. The summed E-state index contributed by atoms with van der Waals surface area (Å²) < 4.78 is 0. The molecule has 0 atom stereocenters. The summed E-state index contributed by atoms with van der Waals surface area (Å²) in [7, 11) is 0. The number of hydrogen-bond acceptors (Lipinski definition) is 4. The molecule has 0 fully saturated rings. The van der Waals surface area contributed by atoms with Gasteiger partial charge in [-0.2, -0.15) is 0 Å². The van der Waals surface area contributed by atoms with E-state index in [0.29, 0.717) is 5.69 Å². The van der Waals surface area contributed by atoms with Crippen LogP contribution in [0.25, 0.3) is 10.7 Å². The normalized spacial score (nSPS) is 10.3. The first-order valence-electron chi connectivity index (χ1n) is 6.48. The van der Waals surface area contributed by atoms with E-state index in [1.165, 1.54) is 11.3 Å². The number of thiazole rings is 1. The van der Waals surface area contributed by atoms with E-state index in [0.717, 1.165) is 22.0 Å². The van der Waals surface area contributed by atoms with Crippen molar-refractivity contribution in [3.8, 4) is 10.7 Å². The topological polar surface area (TPSA) is 54.9 Å². The number of aryl methyl sites for hydroxylation is 1. The molecule has 0 radical (unpaired) electrons. The third-order valence-corrected chi connectivity index (χ3v) is 3.88. The average molecular weight is 295 g/mol. The molecule has 0 spiro atoms. The van der Waals surface area contributed by atoms with E-state index in [9.17, 15) is 4.79 Å². The summed E-state index contributed by atoms with van der Waals surface area (Å²) in [6.07, 6.45) is 1.71. The third-order valence-electron chi connectivity index (χ3n) is 3.01. The van der Waals surface area contributed by atoms with Gasteiger partial charge in [-0.25, -0.2) is 4.98 Å². The molecule has 0 aliphatic heterocycles. The Labute approximate surface area is 126 Å². The van der Waals surface area contributed by atoms with Gasteiger partial charge in [0.2, 0.25) is 0 Å². The first-order valence-corrected chi connectivity index (χ1v) is 7.36. The summed E-state index contributed by atoms with van der Waals surface area (Å²) in [5, 5.41) is 5.36. The smallest absolute Gasteiger partial charge is 0.275 e. The van der Waals surface area contributed by atoms with Crippen LogP contribution in [0, 0.1) is 6.92 Å². The van der Waals surface area contributed by atoms with Gasteiger partial charge in [0.05, 0.1) is 5.69 Å². The lowest BCUT2D eigenvalue weighted by atomic mass is 10.2. The molecule has 1 aromatic carbocycles. The monoisotopic (exact) mass is 295 g/mol. The summed E-state index contributed by atoms with van der Waals surface area (Å²) in [6, 6.07) is 13.3. The highest BCUT2D eigenvalue weighted by Gasteiger charge is 2.13. The summed E-state index contributed by atoms with van der Waals surface area (Å²) in [5.74, 6) is -0.206. The van der Waals surface area contributed by atoms with Gasteiger partial charge < -0.3 is 5.32 Å². The molecule has 0 bridgehead atoms. The van der Waals surface area contributed by atoms with Crippen LogP contribution in [-0.2, 0) is 0 Å². The lowest BCUT2D eigenvalue weighted by Gasteiger charge is -2.05. The van der Waals surface area contributed by atoms with Gasteiger partial charge in [-0.15, -0.1) is 11.3 Å². The minimum Gasteiger partial charge on any atom is -0.320 e. The second-order valence-electron chi connectivity index (χ2n) is 4.52. The molecular formula is C16H13N3OS. The van der Waals surface area contributed by atoms with Crippen molar-refractivity contribution in [3.63, 3.8) is 0 Å². The Morgan fingerprint density at radius 1 is 1.14 bits per heavy atom. The van der Waals surface area contributed by atoms with Crippen LogP contribution in [0.1, 0.15) is 16.1 Å². The highest BCUT2D eigenvalue weighted by atomic mass is 32.1. The fourth-order valence-electron chi connectivity index (χ4n) is 1.88. The number of hydrogen-bond donors (Lipinski definition) is 1. The molecule has 5 heteroatoms. The van der Waals surface area contributed by atoms with Crippen molar-refractivity contribution in [1.29, 1.82) is 0 Å².